The van der Waals surface area contributed by atoms with E-state index in [0.717, 1.165) is 13.0 Å². The summed E-state index contributed by atoms with van der Waals surface area (Å²) >= 11 is 0. The summed E-state index contributed by atoms with van der Waals surface area (Å²) in [6, 6.07) is 0. The van der Waals surface area contributed by atoms with E-state index in [2.05, 4.69) is 5.32 Å². The molecule has 6 heteroatoms. The number of nitrogens with zero attached hydrogens (tertiary/aromatic N) is 1. The Kier molecular flexibility index (Phi) is 6.42. The van der Waals surface area contributed by atoms with Crippen LogP contribution in [-0.4, -0.2) is 45.2 Å². The SMILES string of the molecule is CNCC1CCN(S(=O)(=O)CC(C)(C)C)C1.Cl. The Morgan fingerprint density at radius 1 is 1.35 bits per heavy atom. The molecule has 4 nitrogen and oxygen atoms in total. The third kappa shape index (κ3) is 5.55. The van der Waals surface area contributed by atoms with Crippen LogP contribution < -0.4 is 5.32 Å². The summed E-state index contributed by atoms with van der Waals surface area (Å²) in [6.07, 6.45) is 0.976. The molecule has 0 aromatic heterocycles. The van der Waals surface area contributed by atoms with Crippen molar-refractivity contribution in [3.63, 3.8) is 0 Å². The molecule has 1 N–H and O–H groups in total. The topological polar surface area (TPSA) is 49.4 Å². The molecule has 0 radical (unpaired) electrons. The average molecular weight is 285 g/mol. The normalized spacial score (nSPS) is 22.5. The Morgan fingerprint density at radius 3 is 2.41 bits per heavy atom. The maximum absolute atomic E-state index is 12.1. The van der Waals surface area contributed by atoms with Gasteiger partial charge in [0.1, 0.15) is 0 Å². The van der Waals surface area contributed by atoms with Crippen LogP contribution in [0.4, 0.5) is 0 Å². The fourth-order valence-corrected chi connectivity index (χ4v) is 4.24. The largest absolute Gasteiger partial charge is 0.319 e. The van der Waals surface area contributed by atoms with Crippen molar-refractivity contribution in [3.05, 3.63) is 0 Å². The molecule has 1 rings (SSSR count). The molecule has 17 heavy (non-hydrogen) atoms. The van der Waals surface area contributed by atoms with E-state index in [4.69, 9.17) is 0 Å². The maximum atomic E-state index is 12.1. The summed E-state index contributed by atoms with van der Waals surface area (Å²) in [7, 11) is -1.15. The number of hydrogen-bond acceptors (Lipinski definition) is 3. The van der Waals surface area contributed by atoms with Crippen LogP contribution in [0, 0.1) is 11.3 Å². The van der Waals surface area contributed by atoms with Gasteiger partial charge in [-0.2, -0.15) is 0 Å². The highest BCUT2D eigenvalue weighted by molar-refractivity contribution is 7.89. The molecule has 1 fully saturated rings. The number of sulfonamides is 1. The molecule has 1 heterocycles. The number of rotatable bonds is 4. The second-order valence-corrected chi connectivity index (χ2v) is 7.86. The summed E-state index contributed by atoms with van der Waals surface area (Å²) in [4.78, 5) is 0. The molecule has 1 aliphatic rings. The highest BCUT2D eigenvalue weighted by Crippen LogP contribution is 2.24. The van der Waals surface area contributed by atoms with Crippen LogP contribution in [0.3, 0.4) is 0 Å². The predicted octanol–water partition coefficient (Wildman–Crippen LogP) is 1.33. The molecule has 1 unspecified atom stereocenters. The van der Waals surface area contributed by atoms with E-state index in [1.54, 1.807) is 4.31 Å². The summed E-state index contributed by atoms with van der Waals surface area (Å²) in [5.74, 6) is 0.714. The minimum absolute atomic E-state index is 0. The molecule has 0 bridgehead atoms. The van der Waals surface area contributed by atoms with Gasteiger partial charge in [0, 0.05) is 13.1 Å². The van der Waals surface area contributed by atoms with Crippen molar-refractivity contribution in [2.75, 3.05) is 32.4 Å². The van der Waals surface area contributed by atoms with Crippen molar-refractivity contribution in [2.24, 2.45) is 11.3 Å². The van der Waals surface area contributed by atoms with E-state index in [9.17, 15) is 8.42 Å². The Hall–Kier alpha value is 0.160. The molecule has 0 aromatic rings. The molecule has 104 valence electrons. The average Bonchev–Trinajstić information content (AvgIpc) is 2.49. The lowest BCUT2D eigenvalue weighted by Gasteiger charge is -2.23. The molecule has 0 spiro atoms. The Bertz CT molecular complexity index is 325. The molecule has 0 amide bonds. The lowest BCUT2D eigenvalue weighted by Crippen LogP contribution is -2.36. The van der Waals surface area contributed by atoms with Gasteiger partial charge in [0.2, 0.25) is 10.0 Å². The summed E-state index contributed by atoms with van der Waals surface area (Å²) in [6.45, 7) is 8.16. The van der Waals surface area contributed by atoms with Crippen LogP contribution in [0.5, 0.6) is 0 Å². The Labute approximate surface area is 112 Å². The van der Waals surface area contributed by atoms with Crippen LogP contribution in [0.15, 0.2) is 0 Å². The number of hydrogen-bond donors (Lipinski definition) is 1. The monoisotopic (exact) mass is 284 g/mol. The minimum Gasteiger partial charge on any atom is -0.319 e. The Morgan fingerprint density at radius 2 is 1.94 bits per heavy atom. The number of nitrogens with one attached hydrogen (secondary N) is 1. The standard InChI is InChI=1S/C11H24N2O2S.ClH/c1-11(2,3)9-16(14,15)13-6-5-10(8-13)7-12-4;/h10,12H,5-9H2,1-4H3;1H. The van der Waals surface area contributed by atoms with Gasteiger partial charge < -0.3 is 5.32 Å². The van der Waals surface area contributed by atoms with E-state index in [1.165, 1.54) is 0 Å². The molecule has 1 atom stereocenters. The quantitative estimate of drug-likeness (QED) is 0.847. The van der Waals surface area contributed by atoms with Crippen LogP contribution in [0.1, 0.15) is 27.2 Å². The van der Waals surface area contributed by atoms with Gasteiger partial charge in [-0.1, -0.05) is 20.8 Å². The highest BCUT2D eigenvalue weighted by Gasteiger charge is 2.33. The third-order valence-corrected chi connectivity index (χ3v) is 5.10. The van der Waals surface area contributed by atoms with Crippen molar-refractivity contribution < 1.29 is 8.42 Å². The summed E-state index contributed by atoms with van der Waals surface area (Å²) in [5.41, 5.74) is -0.167. The first-order valence-electron chi connectivity index (χ1n) is 5.87. The summed E-state index contributed by atoms with van der Waals surface area (Å²) < 4.78 is 25.9. The van der Waals surface area contributed by atoms with Crippen LogP contribution in [-0.2, 0) is 10.0 Å². The van der Waals surface area contributed by atoms with Gasteiger partial charge in [-0.3, -0.25) is 0 Å². The van der Waals surface area contributed by atoms with Crippen LogP contribution in [0.25, 0.3) is 0 Å². The van der Waals surface area contributed by atoms with Crippen molar-refractivity contribution in [3.8, 4) is 0 Å². The van der Waals surface area contributed by atoms with E-state index in [1.807, 2.05) is 27.8 Å². The lowest BCUT2D eigenvalue weighted by molar-refractivity contribution is 0.415. The molecular formula is C11H25ClN2O2S. The van der Waals surface area contributed by atoms with Gasteiger partial charge in [-0.25, -0.2) is 12.7 Å². The molecule has 0 aromatic carbocycles. The lowest BCUT2D eigenvalue weighted by atomic mass is 10.0. The van der Waals surface area contributed by atoms with Crippen molar-refractivity contribution in [1.82, 2.24) is 9.62 Å². The Balaban J connectivity index is 0.00000256. The number of halogens is 1. The first-order chi connectivity index (χ1) is 7.24. The van der Waals surface area contributed by atoms with Crippen molar-refractivity contribution >= 4 is 22.4 Å². The first kappa shape index (κ1) is 17.2. The van der Waals surface area contributed by atoms with Crippen LogP contribution in [0.2, 0.25) is 0 Å². The van der Waals surface area contributed by atoms with Gasteiger partial charge in [0.25, 0.3) is 0 Å². The summed E-state index contributed by atoms with van der Waals surface area (Å²) in [5, 5.41) is 3.11. The maximum Gasteiger partial charge on any atom is 0.214 e. The fraction of sp³-hybridized carbons (Fsp3) is 1.00. The van der Waals surface area contributed by atoms with Gasteiger partial charge in [0.15, 0.2) is 0 Å². The van der Waals surface area contributed by atoms with Crippen molar-refractivity contribution in [2.45, 2.75) is 27.2 Å². The minimum atomic E-state index is -3.06. The van der Waals surface area contributed by atoms with E-state index in [-0.39, 0.29) is 23.6 Å². The van der Waals surface area contributed by atoms with Crippen molar-refractivity contribution in [1.29, 1.82) is 0 Å². The van der Waals surface area contributed by atoms with E-state index >= 15 is 0 Å². The molecule has 0 saturated carbocycles. The molecule has 1 aliphatic heterocycles. The second-order valence-electron chi connectivity index (χ2n) is 5.89. The van der Waals surface area contributed by atoms with E-state index in [0.29, 0.717) is 19.0 Å². The van der Waals surface area contributed by atoms with Crippen LogP contribution >= 0.6 is 12.4 Å². The zero-order chi connectivity index (χ0) is 12.4. The highest BCUT2D eigenvalue weighted by atomic mass is 35.5. The van der Waals surface area contributed by atoms with Gasteiger partial charge >= 0.3 is 0 Å². The predicted molar refractivity (Wildman–Crippen MR) is 74.1 cm³/mol. The molecular weight excluding hydrogens is 260 g/mol. The van der Waals surface area contributed by atoms with Gasteiger partial charge in [-0.15, -0.1) is 12.4 Å². The molecule has 1 saturated heterocycles. The van der Waals surface area contributed by atoms with E-state index < -0.39 is 10.0 Å². The third-order valence-electron chi connectivity index (χ3n) is 2.75. The second kappa shape index (κ2) is 6.36. The zero-order valence-electron chi connectivity index (χ0n) is 11.2. The molecule has 0 aliphatic carbocycles. The smallest absolute Gasteiger partial charge is 0.214 e. The first-order valence-corrected chi connectivity index (χ1v) is 7.48. The van der Waals surface area contributed by atoms with Gasteiger partial charge in [-0.05, 0) is 31.3 Å². The fourth-order valence-electron chi connectivity index (χ4n) is 2.14. The zero-order valence-corrected chi connectivity index (χ0v) is 12.8. The van der Waals surface area contributed by atoms with Gasteiger partial charge in [0.05, 0.1) is 5.75 Å².